The fraction of sp³-hybridized carbons (Fsp3) is 0.500. The summed E-state index contributed by atoms with van der Waals surface area (Å²) >= 11 is 0. The molecule has 2 aromatic rings. The first-order valence-corrected chi connectivity index (χ1v) is 7.99. The van der Waals surface area contributed by atoms with Crippen LogP contribution in [0.15, 0.2) is 18.3 Å². The van der Waals surface area contributed by atoms with E-state index in [9.17, 15) is 4.79 Å². The van der Waals surface area contributed by atoms with Gasteiger partial charge in [-0.05, 0) is 37.3 Å². The van der Waals surface area contributed by atoms with E-state index in [0.29, 0.717) is 12.1 Å². The first-order valence-electron chi connectivity index (χ1n) is 7.99. The van der Waals surface area contributed by atoms with E-state index in [1.807, 2.05) is 19.1 Å². The summed E-state index contributed by atoms with van der Waals surface area (Å²) < 4.78 is 1.55. The third-order valence-electron chi connectivity index (χ3n) is 4.39. The van der Waals surface area contributed by atoms with Gasteiger partial charge in [-0.1, -0.05) is 19.1 Å². The highest BCUT2D eigenvalue weighted by atomic mass is 16.4. The topological polar surface area (TPSA) is 84.1 Å². The highest BCUT2D eigenvalue weighted by molar-refractivity contribution is 5.86. The number of carbonyl (C=O) groups is 1. The summed E-state index contributed by atoms with van der Waals surface area (Å²) in [7, 11) is 0. The third kappa shape index (κ3) is 3.04. The summed E-state index contributed by atoms with van der Waals surface area (Å²) in [6.45, 7) is 6.23. The number of pyridine rings is 1. The van der Waals surface area contributed by atoms with Gasteiger partial charge >= 0.3 is 5.97 Å². The summed E-state index contributed by atoms with van der Waals surface area (Å²) in [5, 5.41) is 16.9. The molecule has 0 radical (unpaired) electrons. The van der Waals surface area contributed by atoms with Crippen LogP contribution >= 0.6 is 0 Å². The van der Waals surface area contributed by atoms with Crippen molar-refractivity contribution in [3.63, 3.8) is 0 Å². The van der Waals surface area contributed by atoms with E-state index in [0.717, 1.165) is 30.5 Å². The summed E-state index contributed by atoms with van der Waals surface area (Å²) in [4.78, 5) is 18.0. The lowest BCUT2D eigenvalue weighted by atomic mass is 9.99. The van der Waals surface area contributed by atoms with E-state index in [2.05, 4.69) is 27.1 Å². The zero-order valence-corrected chi connectivity index (χ0v) is 13.4. The van der Waals surface area contributed by atoms with E-state index in [4.69, 9.17) is 5.11 Å². The Morgan fingerprint density at radius 1 is 1.35 bits per heavy atom. The highest BCUT2D eigenvalue weighted by Crippen LogP contribution is 2.22. The zero-order chi connectivity index (χ0) is 16.4. The third-order valence-corrected chi connectivity index (χ3v) is 4.39. The average molecular weight is 315 g/mol. The van der Waals surface area contributed by atoms with Gasteiger partial charge in [-0.3, -0.25) is 0 Å². The van der Waals surface area contributed by atoms with Crippen molar-refractivity contribution in [2.45, 2.75) is 33.1 Å². The van der Waals surface area contributed by atoms with Crippen molar-refractivity contribution in [2.75, 3.05) is 18.0 Å². The molecule has 122 valence electrons. The van der Waals surface area contributed by atoms with Crippen LogP contribution in [0.1, 0.15) is 42.9 Å². The Balaban J connectivity index is 1.84. The molecule has 3 rings (SSSR count). The Kier molecular flexibility index (Phi) is 4.27. The smallest absolute Gasteiger partial charge is 0.358 e. The predicted molar refractivity (Wildman–Crippen MR) is 86.1 cm³/mol. The molecule has 1 fully saturated rings. The second kappa shape index (κ2) is 6.36. The molecule has 0 bridgehead atoms. The lowest BCUT2D eigenvalue weighted by Crippen LogP contribution is -2.33. The van der Waals surface area contributed by atoms with E-state index in [1.165, 1.54) is 12.8 Å². The van der Waals surface area contributed by atoms with Gasteiger partial charge in [0.2, 0.25) is 0 Å². The monoisotopic (exact) mass is 315 g/mol. The van der Waals surface area contributed by atoms with Gasteiger partial charge in [-0.15, -0.1) is 5.10 Å². The molecule has 1 aliphatic heterocycles. The van der Waals surface area contributed by atoms with Crippen LogP contribution in [0, 0.1) is 5.92 Å². The lowest BCUT2D eigenvalue weighted by molar-refractivity contribution is 0.0689. The van der Waals surface area contributed by atoms with Gasteiger partial charge in [-0.25, -0.2) is 14.5 Å². The van der Waals surface area contributed by atoms with Crippen LogP contribution < -0.4 is 4.90 Å². The van der Waals surface area contributed by atoms with Gasteiger partial charge in [0, 0.05) is 13.1 Å². The summed E-state index contributed by atoms with van der Waals surface area (Å²) in [6.07, 6.45) is 4.65. The largest absolute Gasteiger partial charge is 0.476 e. The minimum absolute atomic E-state index is 0.00148. The predicted octanol–water partition coefficient (Wildman–Crippen LogP) is 2.16. The molecule has 1 aliphatic rings. The van der Waals surface area contributed by atoms with Crippen LogP contribution in [0.25, 0.3) is 5.69 Å². The van der Waals surface area contributed by atoms with Crippen molar-refractivity contribution < 1.29 is 9.90 Å². The van der Waals surface area contributed by atoms with Crippen molar-refractivity contribution in [1.82, 2.24) is 20.0 Å². The summed E-state index contributed by atoms with van der Waals surface area (Å²) in [5.41, 5.74) is 1.32. The number of aromatic carboxylic acids is 1. The number of nitrogens with zero attached hydrogens (tertiary/aromatic N) is 5. The average Bonchev–Trinajstić information content (AvgIpc) is 3.00. The number of piperidine rings is 1. The first-order chi connectivity index (χ1) is 11.1. The highest BCUT2D eigenvalue weighted by Gasteiger charge is 2.20. The lowest BCUT2D eigenvalue weighted by Gasteiger charge is -2.31. The Labute approximate surface area is 134 Å². The van der Waals surface area contributed by atoms with Crippen LogP contribution in [0.3, 0.4) is 0 Å². The fourth-order valence-corrected chi connectivity index (χ4v) is 2.92. The van der Waals surface area contributed by atoms with Crippen molar-refractivity contribution in [2.24, 2.45) is 5.92 Å². The molecule has 23 heavy (non-hydrogen) atoms. The van der Waals surface area contributed by atoms with Gasteiger partial charge < -0.3 is 10.0 Å². The van der Waals surface area contributed by atoms with E-state index in [1.54, 1.807) is 10.9 Å². The molecule has 0 saturated carbocycles. The SMILES string of the molecule is CCc1c(C(=O)O)nnn1-c1ccc(N2CCC(C)CC2)nc1. The number of hydrogen-bond donors (Lipinski definition) is 1. The molecule has 1 N–H and O–H groups in total. The molecule has 0 amide bonds. The number of carboxylic acid groups (broad SMARTS) is 1. The molecular weight excluding hydrogens is 294 g/mol. The van der Waals surface area contributed by atoms with Crippen molar-refractivity contribution in [3.05, 3.63) is 29.7 Å². The number of hydrogen-bond acceptors (Lipinski definition) is 5. The molecule has 0 unspecified atom stereocenters. The molecular formula is C16H21N5O2. The van der Waals surface area contributed by atoms with E-state index in [-0.39, 0.29) is 5.69 Å². The van der Waals surface area contributed by atoms with E-state index < -0.39 is 5.97 Å². The van der Waals surface area contributed by atoms with Gasteiger partial charge in [0.25, 0.3) is 0 Å². The second-order valence-corrected chi connectivity index (χ2v) is 6.00. The molecule has 0 atom stereocenters. The molecule has 7 heteroatoms. The molecule has 0 spiro atoms. The number of rotatable bonds is 4. The Morgan fingerprint density at radius 3 is 2.65 bits per heavy atom. The quantitative estimate of drug-likeness (QED) is 0.930. The Morgan fingerprint density at radius 2 is 2.09 bits per heavy atom. The zero-order valence-electron chi connectivity index (χ0n) is 13.4. The molecule has 0 aliphatic carbocycles. The van der Waals surface area contributed by atoms with Crippen LogP contribution in [0.2, 0.25) is 0 Å². The van der Waals surface area contributed by atoms with Gasteiger partial charge in [0.05, 0.1) is 17.6 Å². The van der Waals surface area contributed by atoms with Gasteiger partial charge in [0.1, 0.15) is 5.82 Å². The number of anilines is 1. The van der Waals surface area contributed by atoms with Crippen LogP contribution in [-0.4, -0.2) is 44.1 Å². The van der Waals surface area contributed by atoms with Crippen LogP contribution in [0.4, 0.5) is 5.82 Å². The Hall–Kier alpha value is -2.44. The maximum Gasteiger partial charge on any atom is 0.358 e. The molecule has 2 aromatic heterocycles. The van der Waals surface area contributed by atoms with Gasteiger partial charge in [-0.2, -0.15) is 0 Å². The summed E-state index contributed by atoms with van der Waals surface area (Å²) in [6, 6.07) is 3.88. The van der Waals surface area contributed by atoms with Crippen LogP contribution in [-0.2, 0) is 6.42 Å². The van der Waals surface area contributed by atoms with Gasteiger partial charge in [0.15, 0.2) is 5.69 Å². The molecule has 0 aromatic carbocycles. The maximum atomic E-state index is 11.2. The second-order valence-electron chi connectivity index (χ2n) is 6.00. The maximum absolute atomic E-state index is 11.2. The van der Waals surface area contributed by atoms with E-state index >= 15 is 0 Å². The van der Waals surface area contributed by atoms with Crippen molar-refractivity contribution >= 4 is 11.8 Å². The molecule has 7 nitrogen and oxygen atoms in total. The minimum Gasteiger partial charge on any atom is -0.476 e. The first kappa shape index (κ1) is 15.5. The van der Waals surface area contributed by atoms with Crippen molar-refractivity contribution in [1.29, 1.82) is 0 Å². The Bertz CT molecular complexity index is 687. The normalized spacial score (nSPS) is 15.8. The van der Waals surface area contributed by atoms with Crippen molar-refractivity contribution in [3.8, 4) is 5.69 Å². The fourth-order valence-electron chi connectivity index (χ4n) is 2.92. The minimum atomic E-state index is -1.06. The molecule has 3 heterocycles. The number of aromatic nitrogens is 4. The summed E-state index contributed by atoms with van der Waals surface area (Å²) in [5.74, 6) is 0.680. The van der Waals surface area contributed by atoms with Crippen LogP contribution in [0.5, 0.6) is 0 Å². The standard InChI is InChI=1S/C16H21N5O2/c1-3-13-15(16(22)23)18-19-21(13)12-4-5-14(17-10-12)20-8-6-11(2)7-9-20/h4-5,10-11H,3,6-9H2,1-2H3,(H,22,23). The number of carboxylic acids is 1. The molecule has 1 saturated heterocycles.